The number of rotatable bonds is 4. The minimum atomic E-state index is -0.0435. The summed E-state index contributed by atoms with van der Waals surface area (Å²) in [4.78, 5) is 5.24. The van der Waals surface area contributed by atoms with Gasteiger partial charge in [-0.15, -0.1) is 11.3 Å². The number of aliphatic imine (C=N–C) groups is 1. The van der Waals surface area contributed by atoms with Crippen LogP contribution >= 0.6 is 11.3 Å². The van der Waals surface area contributed by atoms with Crippen LogP contribution in [0.4, 0.5) is 0 Å². The molecule has 0 fully saturated rings. The Balaban J connectivity index is 1.06. The fourth-order valence-electron chi connectivity index (χ4n) is 8.23. The van der Waals surface area contributed by atoms with Crippen molar-refractivity contribution in [1.82, 2.24) is 9.88 Å². The molecule has 0 aliphatic carbocycles. The van der Waals surface area contributed by atoms with Crippen molar-refractivity contribution in [2.75, 3.05) is 0 Å². The van der Waals surface area contributed by atoms with Gasteiger partial charge in [-0.3, -0.25) is 0 Å². The minimum Gasteiger partial charge on any atom is -0.359 e. The lowest BCUT2D eigenvalue weighted by atomic mass is 9.98. The minimum absolute atomic E-state index is 0.0435. The number of nitrogens with one attached hydrogen (secondary N) is 1. The highest BCUT2D eigenvalue weighted by molar-refractivity contribution is 7.26. The summed E-state index contributed by atoms with van der Waals surface area (Å²) in [5, 5.41) is 14.1. The molecule has 10 aromatic rings. The monoisotopic (exact) mass is 681 g/mol. The maximum absolute atomic E-state index is 5.24. The molecule has 0 bridgehead atoms. The molecular formula is C48H31N3S. The lowest BCUT2D eigenvalue weighted by Crippen LogP contribution is -2.31. The van der Waals surface area contributed by atoms with Crippen LogP contribution in [-0.2, 0) is 0 Å². The second-order valence-electron chi connectivity index (χ2n) is 13.6. The number of thiophene rings is 1. The first-order chi connectivity index (χ1) is 25.8. The van der Waals surface area contributed by atoms with Gasteiger partial charge in [0.2, 0.25) is 0 Å². The maximum atomic E-state index is 5.24. The highest BCUT2D eigenvalue weighted by Gasteiger charge is 2.23. The van der Waals surface area contributed by atoms with Gasteiger partial charge < -0.3 is 9.88 Å². The summed E-state index contributed by atoms with van der Waals surface area (Å²) in [6.45, 7) is 0. The summed E-state index contributed by atoms with van der Waals surface area (Å²) in [6, 6.07) is 61.3. The summed E-state index contributed by atoms with van der Waals surface area (Å²) >= 11 is 1.87. The Bertz CT molecular complexity index is 3000. The van der Waals surface area contributed by atoms with Crippen LogP contribution in [0.1, 0.15) is 22.7 Å². The lowest BCUT2D eigenvalue weighted by Gasteiger charge is -2.25. The van der Waals surface area contributed by atoms with Crippen LogP contribution in [0.25, 0.3) is 74.9 Å². The molecule has 8 aromatic carbocycles. The molecule has 0 saturated carbocycles. The topological polar surface area (TPSA) is 29.3 Å². The third-order valence-electron chi connectivity index (χ3n) is 10.6. The number of benzene rings is 8. The molecule has 2 aromatic heterocycles. The number of amidine groups is 1. The first-order valence-electron chi connectivity index (χ1n) is 17.8. The molecule has 3 nitrogen and oxygen atoms in total. The Kier molecular flexibility index (Phi) is 6.48. The number of hydrogen-bond acceptors (Lipinski definition) is 3. The van der Waals surface area contributed by atoms with E-state index in [1.165, 1.54) is 69.1 Å². The van der Waals surface area contributed by atoms with Crippen molar-refractivity contribution in [2.24, 2.45) is 4.99 Å². The molecule has 1 aliphatic rings. The molecule has 1 aliphatic heterocycles. The van der Waals surface area contributed by atoms with Gasteiger partial charge in [-0.2, -0.15) is 0 Å². The van der Waals surface area contributed by atoms with E-state index in [1.807, 2.05) is 11.3 Å². The van der Waals surface area contributed by atoms with Gasteiger partial charge in [-0.25, -0.2) is 4.99 Å². The summed E-state index contributed by atoms with van der Waals surface area (Å²) < 4.78 is 5.04. The highest BCUT2D eigenvalue weighted by atomic mass is 32.1. The summed E-state index contributed by atoms with van der Waals surface area (Å²) in [5.74, 6) is 0.871. The van der Waals surface area contributed by atoms with Gasteiger partial charge in [-0.05, 0) is 81.2 Å². The van der Waals surface area contributed by atoms with Crippen molar-refractivity contribution in [3.8, 4) is 5.69 Å². The van der Waals surface area contributed by atoms with Gasteiger partial charge >= 0.3 is 0 Å². The van der Waals surface area contributed by atoms with Crippen molar-refractivity contribution in [1.29, 1.82) is 0 Å². The molecule has 0 radical (unpaired) electrons. The van der Waals surface area contributed by atoms with E-state index in [2.05, 4.69) is 186 Å². The SMILES string of the molecule is C1=C(c2ccccc2)N=C(c2ccc(-n3c4ccc5ccccc5c4c4c5ccccc5ccc43)cc2)NC1c1cccc2c1sc1ccccc12. The van der Waals surface area contributed by atoms with E-state index in [4.69, 9.17) is 4.99 Å². The fraction of sp³-hybridized carbons (Fsp3) is 0.0208. The van der Waals surface area contributed by atoms with Gasteiger partial charge in [0.15, 0.2) is 0 Å². The van der Waals surface area contributed by atoms with Crippen LogP contribution in [0.5, 0.6) is 0 Å². The van der Waals surface area contributed by atoms with Crippen LogP contribution in [0.15, 0.2) is 181 Å². The largest absolute Gasteiger partial charge is 0.359 e. The molecule has 0 saturated heterocycles. The third-order valence-corrected chi connectivity index (χ3v) is 11.9. The smallest absolute Gasteiger partial charge is 0.134 e. The summed E-state index contributed by atoms with van der Waals surface area (Å²) in [7, 11) is 0. The second-order valence-corrected chi connectivity index (χ2v) is 14.6. The lowest BCUT2D eigenvalue weighted by molar-refractivity contribution is 0.788. The molecule has 52 heavy (non-hydrogen) atoms. The van der Waals surface area contributed by atoms with Crippen LogP contribution < -0.4 is 5.32 Å². The first kappa shape index (κ1) is 29.3. The average molecular weight is 682 g/mol. The van der Waals surface area contributed by atoms with Crippen LogP contribution in [0.3, 0.4) is 0 Å². The summed E-state index contributed by atoms with van der Waals surface area (Å²) in [6.07, 6.45) is 2.28. The van der Waals surface area contributed by atoms with Gasteiger partial charge in [-0.1, -0.05) is 127 Å². The Morgan fingerprint density at radius 3 is 1.83 bits per heavy atom. The van der Waals surface area contributed by atoms with Crippen LogP contribution in [0.2, 0.25) is 0 Å². The first-order valence-corrected chi connectivity index (χ1v) is 18.6. The second kappa shape index (κ2) is 11.5. The van der Waals surface area contributed by atoms with E-state index >= 15 is 0 Å². The van der Waals surface area contributed by atoms with Crippen LogP contribution in [-0.4, -0.2) is 10.4 Å². The van der Waals surface area contributed by atoms with Gasteiger partial charge in [0.1, 0.15) is 5.84 Å². The predicted molar refractivity (Wildman–Crippen MR) is 222 cm³/mol. The Morgan fingerprint density at radius 2 is 1.12 bits per heavy atom. The summed E-state index contributed by atoms with van der Waals surface area (Å²) in [5.41, 5.74) is 7.93. The fourth-order valence-corrected chi connectivity index (χ4v) is 9.49. The zero-order valence-electron chi connectivity index (χ0n) is 28.1. The van der Waals surface area contributed by atoms with Crippen molar-refractivity contribution in [3.05, 3.63) is 193 Å². The molecule has 1 N–H and O–H groups in total. The molecule has 11 rings (SSSR count). The zero-order valence-corrected chi connectivity index (χ0v) is 28.9. The van der Waals surface area contributed by atoms with Crippen LogP contribution in [0, 0.1) is 0 Å². The molecule has 244 valence electrons. The van der Waals surface area contributed by atoms with Crippen molar-refractivity contribution < 1.29 is 0 Å². The molecule has 0 spiro atoms. The Hall–Kier alpha value is -6.49. The number of hydrogen-bond donors (Lipinski definition) is 1. The standard InChI is InChI=1S/C48H31N3S/c1-2-13-32(14-3-1)40-29-41(39-19-10-18-38-37-17-8-9-20-44(37)52-47(38)39)50-48(49-40)33-21-25-34(26-22-33)51-42-27-23-30-11-4-6-15-35(30)45(42)46-36-16-7-5-12-31(36)24-28-43(46)51/h1-29,41H,(H,49,50). The maximum Gasteiger partial charge on any atom is 0.134 e. The van der Waals surface area contributed by atoms with Crippen molar-refractivity contribution in [3.63, 3.8) is 0 Å². The van der Waals surface area contributed by atoms with Gasteiger partial charge in [0.05, 0.1) is 22.8 Å². The third kappa shape index (κ3) is 4.48. The van der Waals surface area contributed by atoms with E-state index in [1.54, 1.807) is 0 Å². The van der Waals surface area contributed by atoms with E-state index in [9.17, 15) is 0 Å². The molecular weight excluding hydrogens is 651 g/mol. The average Bonchev–Trinajstić information content (AvgIpc) is 3.78. The highest BCUT2D eigenvalue weighted by Crippen LogP contribution is 2.42. The van der Waals surface area contributed by atoms with E-state index < -0.39 is 0 Å². The molecule has 3 heterocycles. The zero-order chi connectivity index (χ0) is 34.2. The van der Waals surface area contributed by atoms with Crippen molar-refractivity contribution >= 4 is 86.4 Å². The Labute approximate surface area is 304 Å². The molecule has 1 atom stereocenters. The number of nitrogens with zero attached hydrogens (tertiary/aromatic N) is 2. The number of fused-ring (bicyclic) bond motifs is 10. The van der Waals surface area contributed by atoms with E-state index in [0.29, 0.717) is 0 Å². The van der Waals surface area contributed by atoms with E-state index in [0.717, 1.165) is 28.3 Å². The normalized spacial score (nSPS) is 14.7. The number of aromatic nitrogens is 1. The molecule has 4 heteroatoms. The molecule has 0 amide bonds. The predicted octanol–water partition coefficient (Wildman–Crippen LogP) is 12.6. The van der Waals surface area contributed by atoms with Gasteiger partial charge in [0.25, 0.3) is 0 Å². The van der Waals surface area contributed by atoms with E-state index in [-0.39, 0.29) is 6.04 Å². The van der Waals surface area contributed by atoms with Crippen molar-refractivity contribution in [2.45, 2.75) is 6.04 Å². The molecule has 1 unspecified atom stereocenters. The quantitative estimate of drug-likeness (QED) is 0.197. The van der Waals surface area contributed by atoms with Gasteiger partial charge in [0, 0.05) is 42.2 Å². The Morgan fingerprint density at radius 1 is 0.500 bits per heavy atom.